The molecule has 0 aromatic heterocycles. The number of anilines is 1. The topological polar surface area (TPSA) is 55.5 Å². The van der Waals surface area contributed by atoms with Crippen molar-refractivity contribution in [3.8, 4) is 5.75 Å². The van der Waals surface area contributed by atoms with Gasteiger partial charge < -0.3 is 15.6 Å². The van der Waals surface area contributed by atoms with E-state index in [1.807, 2.05) is 6.92 Å². The van der Waals surface area contributed by atoms with Gasteiger partial charge in [-0.1, -0.05) is 11.6 Å². The molecular weight excluding hydrogens is 202 g/mol. The second-order valence-electron chi connectivity index (χ2n) is 3.05. The van der Waals surface area contributed by atoms with Gasteiger partial charge in [0.15, 0.2) is 0 Å². The molecule has 1 rings (SSSR count). The number of nitrogen functional groups attached to an aromatic ring is 1. The maximum absolute atomic E-state index is 8.88. The van der Waals surface area contributed by atoms with Crippen LogP contribution in [-0.2, 0) is 6.42 Å². The lowest BCUT2D eigenvalue weighted by Gasteiger charge is -2.13. The Morgan fingerprint density at radius 2 is 2.21 bits per heavy atom. The molecule has 0 amide bonds. The third kappa shape index (κ3) is 1.94. The van der Waals surface area contributed by atoms with Crippen molar-refractivity contribution >= 4 is 17.3 Å². The van der Waals surface area contributed by atoms with Crippen LogP contribution in [0.3, 0.4) is 0 Å². The van der Waals surface area contributed by atoms with Gasteiger partial charge in [-0.05, 0) is 24.5 Å². The molecule has 0 heterocycles. The molecule has 0 atom stereocenters. The molecule has 0 aliphatic carbocycles. The maximum Gasteiger partial charge on any atom is 0.143 e. The maximum atomic E-state index is 8.88. The Labute approximate surface area is 88.4 Å². The predicted molar refractivity (Wildman–Crippen MR) is 57.9 cm³/mol. The predicted octanol–water partition coefficient (Wildman–Crippen LogP) is 1.77. The molecule has 0 saturated carbocycles. The van der Waals surface area contributed by atoms with Gasteiger partial charge in [-0.15, -0.1) is 0 Å². The smallest absolute Gasteiger partial charge is 0.143 e. The van der Waals surface area contributed by atoms with E-state index in [4.69, 9.17) is 27.2 Å². The quantitative estimate of drug-likeness (QED) is 0.756. The minimum absolute atomic E-state index is 0.0501. The van der Waals surface area contributed by atoms with Crippen LogP contribution in [-0.4, -0.2) is 18.8 Å². The Hall–Kier alpha value is -0.930. The van der Waals surface area contributed by atoms with Crippen LogP contribution in [0.1, 0.15) is 11.1 Å². The van der Waals surface area contributed by atoms with Gasteiger partial charge in [0.25, 0.3) is 0 Å². The fraction of sp³-hybridized carbons (Fsp3) is 0.400. The second-order valence-corrected chi connectivity index (χ2v) is 3.46. The summed E-state index contributed by atoms with van der Waals surface area (Å²) in [6, 6.07) is 1.69. The lowest BCUT2D eigenvalue weighted by atomic mass is 10.0. The lowest BCUT2D eigenvalue weighted by molar-refractivity contribution is 0.299. The Balaban J connectivity index is 3.29. The number of hydrogen-bond acceptors (Lipinski definition) is 3. The summed E-state index contributed by atoms with van der Waals surface area (Å²) in [7, 11) is 1.54. The zero-order valence-electron chi connectivity index (χ0n) is 8.30. The zero-order chi connectivity index (χ0) is 10.7. The van der Waals surface area contributed by atoms with E-state index in [2.05, 4.69) is 0 Å². The van der Waals surface area contributed by atoms with E-state index >= 15 is 0 Å². The van der Waals surface area contributed by atoms with Gasteiger partial charge in [-0.25, -0.2) is 0 Å². The van der Waals surface area contributed by atoms with Crippen LogP contribution in [0.25, 0.3) is 0 Å². The van der Waals surface area contributed by atoms with E-state index < -0.39 is 0 Å². The number of methoxy groups -OCH3 is 1. The van der Waals surface area contributed by atoms with Crippen molar-refractivity contribution in [2.24, 2.45) is 0 Å². The lowest BCUT2D eigenvalue weighted by Crippen LogP contribution is -2.03. The van der Waals surface area contributed by atoms with Crippen LogP contribution < -0.4 is 10.5 Å². The molecule has 0 spiro atoms. The van der Waals surface area contributed by atoms with E-state index in [-0.39, 0.29) is 6.61 Å². The number of hydrogen-bond donors (Lipinski definition) is 2. The summed E-state index contributed by atoms with van der Waals surface area (Å²) in [5, 5.41) is 9.49. The van der Waals surface area contributed by atoms with Crippen LogP contribution >= 0.6 is 11.6 Å². The Kier molecular flexibility index (Phi) is 3.61. The standard InChI is InChI=1S/C10H14ClNO2/c1-6-7(3-4-13)10(12)9(14-2)5-8(6)11/h5,13H,3-4,12H2,1-2H3. The molecule has 0 unspecified atom stereocenters. The van der Waals surface area contributed by atoms with Crippen molar-refractivity contribution in [1.29, 1.82) is 0 Å². The van der Waals surface area contributed by atoms with Crippen molar-refractivity contribution in [3.63, 3.8) is 0 Å². The summed E-state index contributed by atoms with van der Waals surface area (Å²) in [4.78, 5) is 0. The van der Waals surface area contributed by atoms with Crippen molar-refractivity contribution in [1.82, 2.24) is 0 Å². The molecule has 3 nitrogen and oxygen atoms in total. The average Bonchev–Trinajstić information content (AvgIpc) is 2.18. The van der Waals surface area contributed by atoms with Crippen LogP contribution in [0.15, 0.2) is 6.07 Å². The molecule has 1 aromatic carbocycles. The average molecular weight is 216 g/mol. The summed E-state index contributed by atoms with van der Waals surface area (Å²) >= 11 is 5.99. The molecule has 0 radical (unpaired) electrons. The number of nitrogens with two attached hydrogens (primary N) is 1. The summed E-state index contributed by atoms with van der Waals surface area (Å²) in [6.45, 7) is 1.93. The molecule has 0 saturated heterocycles. The highest BCUT2D eigenvalue weighted by atomic mass is 35.5. The van der Waals surface area contributed by atoms with Gasteiger partial charge >= 0.3 is 0 Å². The summed E-state index contributed by atoms with van der Waals surface area (Å²) in [6.07, 6.45) is 0.495. The number of aliphatic hydroxyl groups is 1. The molecule has 0 bridgehead atoms. The minimum Gasteiger partial charge on any atom is -0.495 e. The highest BCUT2D eigenvalue weighted by molar-refractivity contribution is 6.31. The van der Waals surface area contributed by atoms with Gasteiger partial charge in [0.05, 0.1) is 12.8 Å². The van der Waals surface area contributed by atoms with Crippen LogP contribution in [0.2, 0.25) is 5.02 Å². The Morgan fingerprint density at radius 1 is 1.57 bits per heavy atom. The minimum atomic E-state index is 0.0501. The van der Waals surface area contributed by atoms with Crippen LogP contribution in [0, 0.1) is 6.92 Å². The number of halogens is 1. The van der Waals surface area contributed by atoms with E-state index in [0.717, 1.165) is 11.1 Å². The first kappa shape index (κ1) is 11.1. The SMILES string of the molecule is COc1cc(Cl)c(C)c(CCO)c1N. The van der Waals surface area contributed by atoms with Gasteiger partial charge in [0, 0.05) is 17.7 Å². The second kappa shape index (κ2) is 4.53. The first-order chi connectivity index (χ1) is 6.61. The molecule has 4 heteroatoms. The summed E-state index contributed by atoms with van der Waals surface area (Å²) in [5.41, 5.74) is 8.17. The molecule has 0 fully saturated rings. The zero-order valence-corrected chi connectivity index (χ0v) is 9.06. The number of aliphatic hydroxyl groups excluding tert-OH is 1. The molecule has 3 N–H and O–H groups in total. The Bertz CT molecular complexity index is 339. The molecule has 0 aliphatic rings. The fourth-order valence-corrected chi connectivity index (χ4v) is 1.61. The first-order valence-electron chi connectivity index (χ1n) is 4.34. The summed E-state index contributed by atoms with van der Waals surface area (Å²) in [5.74, 6) is 0.559. The van der Waals surface area contributed by atoms with Crippen LogP contribution in [0.4, 0.5) is 5.69 Å². The van der Waals surface area contributed by atoms with Crippen molar-refractivity contribution < 1.29 is 9.84 Å². The van der Waals surface area contributed by atoms with Crippen LogP contribution in [0.5, 0.6) is 5.75 Å². The largest absolute Gasteiger partial charge is 0.495 e. The van der Waals surface area contributed by atoms with Gasteiger partial charge in [-0.2, -0.15) is 0 Å². The Morgan fingerprint density at radius 3 is 2.71 bits per heavy atom. The molecule has 1 aromatic rings. The van der Waals surface area contributed by atoms with E-state index in [1.54, 1.807) is 13.2 Å². The molecular formula is C10H14ClNO2. The normalized spacial score (nSPS) is 10.3. The van der Waals surface area contributed by atoms with Crippen molar-refractivity contribution in [3.05, 3.63) is 22.2 Å². The number of ether oxygens (including phenoxy) is 1. The van der Waals surface area contributed by atoms with Gasteiger partial charge in [0.1, 0.15) is 5.75 Å². The van der Waals surface area contributed by atoms with E-state index in [1.165, 1.54) is 0 Å². The number of benzene rings is 1. The molecule has 78 valence electrons. The fourth-order valence-electron chi connectivity index (χ4n) is 1.40. The third-order valence-corrected chi connectivity index (χ3v) is 2.63. The van der Waals surface area contributed by atoms with E-state index in [0.29, 0.717) is 22.9 Å². The summed E-state index contributed by atoms with van der Waals surface area (Å²) < 4.78 is 5.08. The third-order valence-electron chi connectivity index (χ3n) is 2.24. The van der Waals surface area contributed by atoms with Crippen molar-refractivity contribution in [2.75, 3.05) is 19.5 Å². The van der Waals surface area contributed by atoms with Gasteiger partial charge in [-0.3, -0.25) is 0 Å². The van der Waals surface area contributed by atoms with Crippen molar-refractivity contribution in [2.45, 2.75) is 13.3 Å². The van der Waals surface area contributed by atoms with Gasteiger partial charge in [0.2, 0.25) is 0 Å². The van der Waals surface area contributed by atoms with E-state index in [9.17, 15) is 0 Å². The monoisotopic (exact) mass is 215 g/mol. The molecule has 14 heavy (non-hydrogen) atoms. The number of rotatable bonds is 3. The molecule has 0 aliphatic heterocycles. The first-order valence-corrected chi connectivity index (χ1v) is 4.72. The highest BCUT2D eigenvalue weighted by Gasteiger charge is 2.11. The highest BCUT2D eigenvalue weighted by Crippen LogP contribution is 2.33.